The topological polar surface area (TPSA) is 32.3 Å². The van der Waals surface area contributed by atoms with Gasteiger partial charge in [-0.15, -0.1) is 0 Å². The average molecular weight is 232 g/mol. The molecule has 3 nitrogen and oxygen atoms in total. The quantitative estimate of drug-likeness (QED) is 0.811. The summed E-state index contributed by atoms with van der Waals surface area (Å²) >= 11 is 0. The normalized spacial score (nSPS) is 14.9. The standard InChI is InChI=1S/C14H20N2O/c1-2-16(10-12-6-4-3-5-7-12)11-14(17)15-13-8-9-13/h3-7,13H,2,8-11H2,1H3,(H,15,17). The van der Waals surface area contributed by atoms with Crippen LogP contribution >= 0.6 is 0 Å². The van der Waals surface area contributed by atoms with Crippen LogP contribution in [-0.4, -0.2) is 29.9 Å². The number of hydrogen-bond donors (Lipinski definition) is 1. The van der Waals surface area contributed by atoms with Gasteiger partial charge >= 0.3 is 0 Å². The van der Waals surface area contributed by atoms with Crippen molar-refractivity contribution in [2.45, 2.75) is 32.4 Å². The van der Waals surface area contributed by atoms with Gasteiger partial charge in [0.15, 0.2) is 0 Å². The van der Waals surface area contributed by atoms with Crippen LogP contribution in [0.1, 0.15) is 25.3 Å². The Labute approximate surface area is 103 Å². The van der Waals surface area contributed by atoms with Gasteiger partial charge in [-0.05, 0) is 24.9 Å². The van der Waals surface area contributed by atoms with E-state index in [1.165, 1.54) is 5.56 Å². The van der Waals surface area contributed by atoms with E-state index < -0.39 is 0 Å². The molecule has 1 aliphatic carbocycles. The van der Waals surface area contributed by atoms with E-state index in [0.29, 0.717) is 12.6 Å². The lowest BCUT2D eigenvalue weighted by Crippen LogP contribution is -2.37. The third kappa shape index (κ3) is 4.19. The molecule has 1 N–H and O–H groups in total. The highest BCUT2D eigenvalue weighted by atomic mass is 16.2. The maximum absolute atomic E-state index is 11.7. The number of nitrogens with zero attached hydrogens (tertiary/aromatic N) is 1. The number of carbonyl (C=O) groups is 1. The molecule has 1 amide bonds. The van der Waals surface area contributed by atoms with E-state index in [0.717, 1.165) is 25.9 Å². The maximum Gasteiger partial charge on any atom is 0.234 e. The molecule has 17 heavy (non-hydrogen) atoms. The van der Waals surface area contributed by atoms with E-state index in [9.17, 15) is 4.79 Å². The number of benzene rings is 1. The number of hydrogen-bond acceptors (Lipinski definition) is 2. The summed E-state index contributed by atoms with van der Waals surface area (Å²) in [6, 6.07) is 10.7. The minimum Gasteiger partial charge on any atom is -0.352 e. The molecule has 1 aliphatic rings. The highest BCUT2D eigenvalue weighted by molar-refractivity contribution is 5.78. The molecule has 0 aromatic heterocycles. The van der Waals surface area contributed by atoms with E-state index in [2.05, 4.69) is 29.3 Å². The lowest BCUT2D eigenvalue weighted by Gasteiger charge is -2.19. The van der Waals surface area contributed by atoms with Crippen molar-refractivity contribution in [1.29, 1.82) is 0 Å². The van der Waals surface area contributed by atoms with Gasteiger partial charge in [-0.25, -0.2) is 0 Å². The Morgan fingerprint density at radius 2 is 2.06 bits per heavy atom. The zero-order valence-electron chi connectivity index (χ0n) is 10.4. The molecule has 3 heteroatoms. The largest absolute Gasteiger partial charge is 0.352 e. The molecule has 0 spiro atoms. The van der Waals surface area contributed by atoms with Crippen molar-refractivity contribution in [3.63, 3.8) is 0 Å². The summed E-state index contributed by atoms with van der Waals surface area (Å²) in [5.74, 6) is 0.158. The maximum atomic E-state index is 11.7. The minimum atomic E-state index is 0.158. The molecule has 0 atom stereocenters. The van der Waals surface area contributed by atoms with Crippen molar-refractivity contribution in [1.82, 2.24) is 10.2 Å². The molecule has 1 saturated carbocycles. The molecule has 0 saturated heterocycles. The van der Waals surface area contributed by atoms with Gasteiger partial charge in [0, 0.05) is 12.6 Å². The van der Waals surface area contributed by atoms with E-state index >= 15 is 0 Å². The molecule has 92 valence electrons. The van der Waals surface area contributed by atoms with Crippen molar-refractivity contribution in [3.05, 3.63) is 35.9 Å². The zero-order chi connectivity index (χ0) is 12.1. The Bertz CT molecular complexity index is 360. The fraction of sp³-hybridized carbons (Fsp3) is 0.500. The second kappa shape index (κ2) is 5.82. The van der Waals surface area contributed by atoms with E-state index in [1.807, 2.05) is 18.2 Å². The highest BCUT2D eigenvalue weighted by Crippen LogP contribution is 2.18. The van der Waals surface area contributed by atoms with Crippen LogP contribution in [0.2, 0.25) is 0 Å². The lowest BCUT2D eigenvalue weighted by molar-refractivity contribution is -0.122. The third-order valence-corrected chi connectivity index (χ3v) is 3.01. The van der Waals surface area contributed by atoms with Crippen molar-refractivity contribution in [3.8, 4) is 0 Å². The predicted molar refractivity (Wildman–Crippen MR) is 68.6 cm³/mol. The Kier molecular flexibility index (Phi) is 4.15. The lowest BCUT2D eigenvalue weighted by atomic mass is 10.2. The monoisotopic (exact) mass is 232 g/mol. The first-order chi connectivity index (χ1) is 8.28. The van der Waals surface area contributed by atoms with Gasteiger partial charge in [0.05, 0.1) is 6.54 Å². The summed E-state index contributed by atoms with van der Waals surface area (Å²) in [6.07, 6.45) is 2.30. The molecule has 0 radical (unpaired) electrons. The predicted octanol–water partition coefficient (Wildman–Crippen LogP) is 1.79. The summed E-state index contributed by atoms with van der Waals surface area (Å²) in [7, 11) is 0. The van der Waals surface area contributed by atoms with Crippen LogP contribution in [0.15, 0.2) is 30.3 Å². The number of likely N-dealkylation sites (N-methyl/N-ethyl adjacent to an activating group) is 1. The van der Waals surface area contributed by atoms with Gasteiger partial charge in [-0.1, -0.05) is 37.3 Å². The fourth-order valence-corrected chi connectivity index (χ4v) is 1.83. The molecule has 0 bridgehead atoms. The number of carbonyl (C=O) groups excluding carboxylic acids is 1. The number of nitrogens with one attached hydrogen (secondary N) is 1. The van der Waals surface area contributed by atoms with Crippen molar-refractivity contribution in [2.24, 2.45) is 0 Å². The summed E-state index contributed by atoms with van der Waals surface area (Å²) in [5.41, 5.74) is 1.26. The second-order valence-corrected chi connectivity index (χ2v) is 4.63. The Hall–Kier alpha value is -1.35. The molecular weight excluding hydrogens is 212 g/mol. The average Bonchev–Trinajstić information content (AvgIpc) is 3.13. The van der Waals surface area contributed by atoms with Gasteiger partial charge in [0.1, 0.15) is 0 Å². The molecule has 0 aliphatic heterocycles. The van der Waals surface area contributed by atoms with Crippen LogP contribution < -0.4 is 5.32 Å². The first kappa shape index (κ1) is 12.1. The van der Waals surface area contributed by atoms with Gasteiger partial charge in [-0.2, -0.15) is 0 Å². The molecular formula is C14H20N2O. The van der Waals surface area contributed by atoms with Gasteiger partial charge in [0.2, 0.25) is 5.91 Å². The van der Waals surface area contributed by atoms with Gasteiger partial charge in [0.25, 0.3) is 0 Å². The van der Waals surface area contributed by atoms with Crippen LogP contribution in [0.3, 0.4) is 0 Å². The smallest absolute Gasteiger partial charge is 0.234 e. The van der Waals surface area contributed by atoms with Crippen LogP contribution in [0.5, 0.6) is 0 Å². The first-order valence-corrected chi connectivity index (χ1v) is 6.33. The van der Waals surface area contributed by atoms with E-state index in [1.54, 1.807) is 0 Å². The molecule has 1 aromatic rings. The number of amides is 1. The Balaban J connectivity index is 1.81. The first-order valence-electron chi connectivity index (χ1n) is 6.33. The van der Waals surface area contributed by atoms with Crippen molar-refractivity contribution >= 4 is 5.91 Å². The van der Waals surface area contributed by atoms with Crippen molar-refractivity contribution < 1.29 is 4.79 Å². The molecule has 1 fully saturated rings. The molecule has 1 aromatic carbocycles. The molecule has 0 heterocycles. The Morgan fingerprint density at radius 3 is 2.65 bits per heavy atom. The fourth-order valence-electron chi connectivity index (χ4n) is 1.83. The van der Waals surface area contributed by atoms with Gasteiger partial charge < -0.3 is 5.32 Å². The van der Waals surface area contributed by atoms with Crippen LogP contribution in [0, 0.1) is 0 Å². The Morgan fingerprint density at radius 1 is 1.35 bits per heavy atom. The second-order valence-electron chi connectivity index (χ2n) is 4.63. The zero-order valence-corrected chi connectivity index (χ0v) is 10.4. The highest BCUT2D eigenvalue weighted by Gasteiger charge is 2.23. The SMILES string of the molecule is CCN(CC(=O)NC1CC1)Cc1ccccc1. The van der Waals surface area contributed by atoms with E-state index in [-0.39, 0.29) is 5.91 Å². The number of rotatable bonds is 6. The minimum absolute atomic E-state index is 0.158. The summed E-state index contributed by atoms with van der Waals surface area (Å²) in [5, 5.41) is 3.02. The van der Waals surface area contributed by atoms with Crippen LogP contribution in [0.4, 0.5) is 0 Å². The van der Waals surface area contributed by atoms with Gasteiger partial charge in [-0.3, -0.25) is 9.69 Å². The summed E-state index contributed by atoms with van der Waals surface area (Å²) < 4.78 is 0. The summed E-state index contributed by atoms with van der Waals surface area (Å²) in [6.45, 7) is 4.33. The van der Waals surface area contributed by atoms with Crippen LogP contribution in [-0.2, 0) is 11.3 Å². The third-order valence-electron chi connectivity index (χ3n) is 3.01. The summed E-state index contributed by atoms with van der Waals surface area (Å²) in [4.78, 5) is 13.9. The molecule has 0 unspecified atom stereocenters. The van der Waals surface area contributed by atoms with Crippen LogP contribution in [0.25, 0.3) is 0 Å². The van der Waals surface area contributed by atoms with E-state index in [4.69, 9.17) is 0 Å². The molecule has 2 rings (SSSR count). The van der Waals surface area contributed by atoms with Crippen molar-refractivity contribution in [2.75, 3.05) is 13.1 Å².